The van der Waals surface area contributed by atoms with E-state index in [1.54, 1.807) is 18.9 Å². The van der Waals surface area contributed by atoms with Crippen molar-refractivity contribution in [3.05, 3.63) is 41.1 Å². The molecule has 0 saturated carbocycles. The summed E-state index contributed by atoms with van der Waals surface area (Å²) < 4.78 is 10.4. The number of rotatable bonds is 5. The van der Waals surface area contributed by atoms with Crippen LogP contribution >= 0.6 is 11.8 Å². The monoisotopic (exact) mass is 361 g/mol. The lowest BCUT2D eigenvalue weighted by Crippen LogP contribution is -2.42. The molecular formula is C18H23N3O3S. The van der Waals surface area contributed by atoms with Crippen molar-refractivity contribution in [1.29, 1.82) is 0 Å². The van der Waals surface area contributed by atoms with Crippen molar-refractivity contribution in [2.45, 2.75) is 19.4 Å². The molecule has 6 nitrogen and oxygen atoms in total. The fourth-order valence-corrected chi connectivity index (χ4v) is 4.07. The zero-order valence-electron chi connectivity index (χ0n) is 14.5. The van der Waals surface area contributed by atoms with E-state index in [2.05, 4.69) is 9.89 Å². The van der Waals surface area contributed by atoms with Crippen LogP contribution in [0.1, 0.15) is 24.9 Å². The maximum absolute atomic E-state index is 12.7. The number of esters is 1. The molecule has 2 N–H and O–H groups in total. The minimum atomic E-state index is -0.338. The first-order valence-corrected chi connectivity index (χ1v) is 9.30. The summed E-state index contributed by atoms with van der Waals surface area (Å²) in [7, 11) is 1.58. The van der Waals surface area contributed by atoms with Gasteiger partial charge in [-0.25, -0.2) is 9.79 Å². The van der Waals surface area contributed by atoms with Gasteiger partial charge < -0.3 is 20.1 Å². The second kappa shape index (κ2) is 7.93. The Balaban J connectivity index is 1.98. The van der Waals surface area contributed by atoms with Crippen molar-refractivity contribution >= 4 is 28.6 Å². The van der Waals surface area contributed by atoms with Crippen molar-refractivity contribution in [2.75, 3.05) is 38.4 Å². The third-order valence-electron chi connectivity index (χ3n) is 4.25. The Labute approximate surface area is 152 Å². The molecule has 3 rings (SSSR count). The zero-order chi connectivity index (χ0) is 17.8. The lowest BCUT2D eigenvalue weighted by molar-refractivity contribution is -0.141. The molecule has 134 valence electrons. The molecule has 1 aromatic rings. The van der Waals surface area contributed by atoms with E-state index in [9.17, 15) is 4.79 Å². The number of nitrogen functional groups attached to an aromatic ring is 1. The number of nitrogens with two attached hydrogens (primary N) is 1. The third-order valence-corrected chi connectivity index (χ3v) is 5.33. The van der Waals surface area contributed by atoms with Gasteiger partial charge in [0.2, 0.25) is 0 Å². The Morgan fingerprint density at radius 3 is 2.84 bits per heavy atom. The molecule has 2 aliphatic heterocycles. The molecule has 0 amide bonds. The molecule has 1 aromatic carbocycles. The number of aliphatic imine (C=N–C) groups is 1. The molecule has 0 aliphatic carbocycles. The van der Waals surface area contributed by atoms with Gasteiger partial charge in [0.1, 0.15) is 6.61 Å². The van der Waals surface area contributed by atoms with Gasteiger partial charge in [0, 0.05) is 25.1 Å². The Morgan fingerprint density at radius 1 is 1.36 bits per heavy atom. The Bertz CT molecular complexity index is 700. The van der Waals surface area contributed by atoms with Gasteiger partial charge in [-0.3, -0.25) is 0 Å². The van der Waals surface area contributed by atoms with Gasteiger partial charge in [-0.15, -0.1) is 0 Å². The molecule has 0 spiro atoms. The average molecular weight is 361 g/mol. The molecule has 0 bridgehead atoms. The van der Waals surface area contributed by atoms with Crippen LogP contribution in [0.15, 0.2) is 40.5 Å². The first-order valence-electron chi connectivity index (χ1n) is 8.32. The van der Waals surface area contributed by atoms with Crippen LogP contribution in [0, 0.1) is 0 Å². The van der Waals surface area contributed by atoms with Crippen molar-refractivity contribution in [2.24, 2.45) is 4.99 Å². The molecule has 1 saturated heterocycles. The molecule has 0 radical (unpaired) electrons. The highest BCUT2D eigenvalue weighted by molar-refractivity contribution is 8.13. The highest BCUT2D eigenvalue weighted by Crippen LogP contribution is 2.39. The van der Waals surface area contributed by atoms with Gasteiger partial charge in [-0.1, -0.05) is 23.9 Å². The number of hydrogen-bond acceptors (Lipinski definition) is 7. The van der Waals surface area contributed by atoms with E-state index in [1.165, 1.54) is 0 Å². The van der Waals surface area contributed by atoms with Crippen LogP contribution in [0.4, 0.5) is 5.69 Å². The SMILES string of the molecule is COCCOC(=O)C1=C(C)N=C2SCCCN2[C@@H]1c1ccc(N)cc1. The largest absolute Gasteiger partial charge is 0.460 e. The summed E-state index contributed by atoms with van der Waals surface area (Å²) in [6.07, 6.45) is 1.06. The number of allylic oxidation sites excluding steroid dienone is 1. The molecular weight excluding hydrogens is 338 g/mol. The molecule has 1 fully saturated rings. The number of benzene rings is 1. The normalized spacial score (nSPS) is 20.2. The number of anilines is 1. The van der Waals surface area contributed by atoms with Crippen molar-refractivity contribution < 1.29 is 14.3 Å². The van der Waals surface area contributed by atoms with Crippen molar-refractivity contribution in [1.82, 2.24) is 4.90 Å². The van der Waals surface area contributed by atoms with Crippen LogP contribution in [-0.4, -0.2) is 48.7 Å². The minimum Gasteiger partial charge on any atom is -0.460 e. The zero-order valence-corrected chi connectivity index (χ0v) is 15.3. The number of thioether (sulfide) groups is 1. The highest BCUT2D eigenvalue weighted by atomic mass is 32.2. The maximum Gasteiger partial charge on any atom is 0.338 e. The summed E-state index contributed by atoms with van der Waals surface area (Å²) in [6, 6.07) is 7.47. The molecule has 0 unspecified atom stereocenters. The minimum absolute atomic E-state index is 0.198. The number of fused-ring (bicyclic) bond motifs is 1. The first kappa shape index (κ1) is 17.8. The van der Waals surface area contributed by atoms with Gasteiger partial charge in [0.15, 0.2) is 5.17 Å². The number of carbonyl (C=O) groups excluding carboxylic acids is 1. The summed E-state index contributed by atoms with van der Waals surface area (Å²) in [5.74, 6) is 0.708. The van der Waals surface area contributed by atoms with Crippen molar-refractivity contribution in [3.8, 4) is 0 Å². The maximum atomic E-state index is 12.7. The van der Waals surface area contributed by atoms with Crippen LogP contribution in [0.5, 0.6) is 0 Å². The molecule has 2 aliphatic rings. The number of carbonyl (C=O) groups is 1. The first-order chi connectivity index (χ1) is 12.1. The second-order valence-electron chi connectivity index (χ2n) is 5.99. The van der Waals surface area contributed by atoms with E-state index in [4.69, 9.17) is 15.2 Å². The van der Waals surface area contributed by atoms with E-state index in [-0.39, 0.29) is 18.6 Å². The summed E-state index contributed by atoms with van der Waals surface area (Å²) in [5.41, 5.74) is 8.85. The topological polar surface area (TPSA) is 77.2 Å². The van der Waals surface area contributed by atoms with E-state index >= 15 is 0 Å². The van der Waals surface area contributed by atoms with Gasteiger partial charge in [-0.2, -0.15) is 0 Å². The molecule has 1 atom stereocenters. The Morgan fingerprint density at radius 2 is 2.12 bits per heavy atom. The number of hydrogen-bond donors (Lipinski definition) is 1. The molecule has 2 heterocycles. The van der Waals surface area contributed by atoms with Crippen LogP contribution in [0.3, 0.4) is 0 Å². The van der Waals surface area contributed by atoms with E-state index in [1.807, 2.05) is 31.2 Å². The van der Waals surface area contributed by atoms with Crippen LogP contribution < -0.4 is 5.73 Å². The lowest BCUT2D eigenvalue weighted by Gasteiger charge is -2.40. The van der Waals surface area contributed by atoms with Gasteiger partial charge in [0.05, 0.1) is 23.9 Å². The molecule has 0 aromatic heterocycles. The standard InChI is InChI=1S/C18H23N3O3S/c1-12-15(17(22)24-10-9-23-2)16(13-4-6-14(19)7-5-13)21-8-3-11-25-18(21)20-12/h4-7,16H,3,8-11,19H2,1-2H3/t16-/m1/s1. The van der Waals surface area contributed by atoms with Crippen molar-refractivity contribution in [3.63, 3.8) is 0 Å². The smallest absolute Gasteiger partial charge is 0.338 e. The number of ether oxygens (including phenoxy) is 2. The van der Waals surface area contributed by atoms with E-state index < -0.39 is 0 Å². The number of amidine groups is 1. The molecule has 7 heteroatoms. The average Bonchev–Trinajstić information content (AvgIpc) is 2.61. The van der Waals surface area contributed by atoms with Crippen LogP contribution in [0.25, 0.3) is 0 Å². The van der Waals surface area contributed by atoms with Crippen LogP contribution in [-0.2, 0) is 14.3 Å². The summed E-state index contributed by atoms with van der Waals surface area (Å²) >= 11 is 1.73. The van der Waals surface area contributed by atoms with E-state index in [0.29, 0.717) is 23.6 Å². The fraction of sp³-hybridized carbons (Fsp3) is 0.444. The van der Waals surface area contributed by atoms with Gasteiger partial charge >= 0.3 is 5.97 Å². The number of methoxy groups -OCH3 is 1. The summed E-state index contributed by atoms with van der Waals surface area (Å²) in [5, 5.41) is 0.971. The van der Waals surface area contributed by atoms with E-state index in [0.717, 1.165) is 29.4 Å². The lowest BCUT2D eigenvalue weighted by atomic mass is 9.94. The predicted molar refractivity (Wildman–Crippen MR) is 100 cm³/mol. The third kappa shape index (κ3) is 3.82. The summed E-state index contributed by atoms with van der Waals surface area (Å²) in [4.78, 5) is 19.6. The summed E-state index contributed by atoms with van der Waals surface area (Å²) in [6.45, 7) is 3.34. The van der Waals surface area contributed by atoms with Crippen LogP contribution in [0.2, 0.25) is 0 Å². The fourth-order valence-electron chi connectivity index (χ4n) is 3.05. The quantitative estimate of drug-likeness (QED) is 0.493. The van der Waals surface area contributed by atoms with Gasteiger partial charge in [-0.05, 0) is 31.0 Å². The Kier molecular flexibility index (Phi) is 5.65. The predicted octanol–water partition coefficient (Wildman–Crippen LogP) is 2.58. The molecule has 25 heavy (non-hydrogen) atoms. The highest BCUT2D eigenvalue weighted by Gasteiger charge is 2.37. The second-order valence-corrected chi connectivity index (χ2v) is 7.05. The van der Waals surface area contributed by atoms with Gasteiger partial charge in [0.25, 0.3) is 0 Å². The Hall–Kier alpha value is -1.99. The number of nitrogens with zero attached hydrogens (tertiary/aromatic N) is 2.